The quantitative estimate of drug-likeness (QED) is 0.846. The number of benzene rings is 2. The van der Waals surface area contributed by atoms with E-state index in [9.17, 15) is 4.79 Å². The van der Waals surface area contributed by atoms with E-state index >= 15 is 0 Å². The molecule has 0 bridgehead atoms. The SMILES string of the molecule is COC1=CC=CC(=O)[C@H](c2ccccc2)[C@H]1c1ccccc1. The number of hydrogen-bond acceptors (Lipinski definition) is 2. The molecule has 0 aromatic heterocycles. The molecule has 0 radical (unpaired) electrons. The van der Waals surface area contributed by atoms with Gasteiger partial charge in [0.2, 0.25) is 0 Å². The number of allylic oxidation sites excluding steroid dienone is 4. The van der Waals surface area contributed by atoms with Crippen LogP contribution < -0.4 is 0 Å². The lowest BCUT2D eigenvalue weighted by Gasteiger charge is -2.26. The van der Waals surface area contributed by atoms with Crippen molar-refractivity contribution < 1.29 is 9.53 Å². The highest BCUT2D eigenvalue weighted by Gasteiger charge is 2.34. The van der Waals surface area contributed by atoms with Crippen molar-refractivity contribution >= 4 is 5.78 Å². The van der Waals surface area contributed by atoms with Crippen LogP contribution >= 0.6 is 0 Å². The second kappa shape index (κ2) is 6.44. The van der Waals surface area contributed by atoms with Gasteiger partial charge in [0.1, 0.15) is 5.76 Å². The lowest BCUT2D eigenvalue weighted by atomic mass is 9.78. The molecule has 1 aliphatic carbocycles. The molecule has 2 nitrogen and oxygen atoms in total. The summed E-state index contributed by atoms with van der Waals surface area (Å²) in [6, 6.07) is 20.0. The molecule has 0 amide bonds. The molecule has 110 valence electrons. The monoisotopic (exact) mass is 290 g/mol. The number of ether oxygens (including phenoxy) is 1. The Morgan fingerprint density at radius 3 is 1.91 bits per heavy atom. The number of ketones is 1. The first-order chi connectivity index (χ1) is 10.8. The highest BCUT2D eigenvalue weighted by atomic mass is 16.5. The minimum absolute atomic E-state index is 0.100. The Balaban J connectivity index is 2.15. The molecule has 0 saturated carbocycles. The fourth-order valence-corrected chi connectivity index (χ4v) is 3.00. The first kappa shape index (κ1) is 14.3. The summed E-state index contributed by atoms with van der Waals surface area (Å²) < 4.78 is 5.60. The Morgan fingerprint density at radius 2 is 1.36 bits per heavy atom. The largest absolute Gasteiger partial charge is 0.500 e. The predicted octanol–water partition coefficient (Wildman–Crippen LogP) is 4.22. The first-order valence-electron chi connectivity index (χ1n) is 7.37. The zero-order valence-corrected chi connectivity index (χ0v) is 12.5. The third-order valence-corrected chi connectivity index (χ3v) is 4.02. The van der Waals surface area contributed by atoms with Crippen LogP contribution in [0.3, 0.4) is 0 Å². The first-order valence-corrected chi connectivity index (χ1v) is 7.37. The Kier molecular flexibility index (Phi) is 4.19. The third kappa shape index (κ3) is 2.73. The van der Waals surface area contributed by atoms with Gasteiger partial charge >= 0.3 is 0 Å². The van der Waals surface area contributed by atoms with Crippen LogP contribution in [0.2, 0.25) is 0 Å². The number of hydrogen-bond donors (Lipinski definition) is 0. The van der Waals surface area contributed by atoms with Crippen molar-refractivity contribution in [3.8, 4) is 0 Å². The van der Waals surface area contributed by atoms with Crippen LogP contribution in [0.25, 0.3) is 0 Å². The minimum Gasteiger partial charge on any atom is -0.500 e. The number of rotatable bonds is 3. The normalized spacial score (nSPS) is 21.1. The van der Waals surface area contributed by atoms with Gasteiger partial charge in [-0.3, -0.25) is 4.79 Å². The van der Waals surface area contributed by atoms with Gasteiger partial charge in [0.05, 0.1) is 18.9 Å². The number of carbonyl (C=O) groups is 1. The average Bonchev–Trinajstić information content (AvgIpc) is 2.75. The molecular weight excluding hydrogens is 272 g/mol. The Hall–Kier alpha value is -2.61. The van der Waals surface area contributed by atoms with Crippen LogP contribution in [0.4, 0.5) is 0 Å². The fraction of sp³-hybridized carbons (Fsp3) is 0.150. The molecule has 2 aromatic rings. The van der Waals surface area contributed by atoms with Gasteiger partial charge < -0.3 is 4.74 Å². The van der Waals surface area contributed by atoms with Crippen LogP contribution in [0.15, 0.2) is 84.7 Å². The molecule has 0 heterocycles. The Bertz CT molecular complexity index is 699. The summed E-state index contributed by atoms with van der Waals surface area (Å²) in [5.41, 5.74) is 2.09. The molecule has 0 N–H and O–H groups in total. The zero-order chi connectivity index (χ0) is 15.4. The topological polar surface area (TPSA) is 26.3 Å². The van der Waals surface area contributed by atoms with Gasteiger partial charge in [-0.2, -0.15) is 0 Å². The van der Waals surface area contributed by atoms with Crippen molar-refractivity contribution in [3.63, 3.8) is 0 Å². The maximum atomic E-state index is 12.7. The van der Waals surface area contributed by atoms with E-state index in [0.717, 1.165) is 16.9 Å². The Labute approximate surface area is 130 Å². The molecule has 0 saturated heterocycles. The van der Waals surface area contributed by atoms with E-state index < -0.39 is 0 Å². The van der Waals surface area contributed by atoms with Crippen molar-refractivity contribution in [2.75, 3.05) is 7.11 Å². The average molecular weight is 290 g/mol. The van der Waals surface area contributed by atoms with E-state index in [2.05, 4.69) is 0 Å². The van der Waals surface area contributed by atoms with E-state index in [0.29, 0.717) is 0 Å². The van der Waals surface area contributed by atoms with Crippen LogP contribution in [0, 0.1) is 0 Å². The molecule has 3 rings (SSSR count). The molecule has 1 aliphatic rings. The molecular formula is C20H18O2. The zero-order valence-electron chi connectivity index (χ0n) is 12.5. The molecule has 2 heteroatoms. The van der Waals surface area contributed by atoms with E-state index in [4.69, 9.17) is 4.74 Å². The van der Waals surface area contributed by atoms with E-state index in [-0.39, 0.29) is 17.6 Å². The molecule has 0 unspecified atom stereocenters. The van der Waals surface area contributed by atoms with Gasteiger partial charge in [-0.05, 0) is 23.3 Å². The van der Waals surface area contributed by atoms with E-state index in [1.165, 1.54) is 0 Å². The molecule has 0 aliphatic heterocycles. The summed E-state index contributed by atoms with van der Waals surface area (Å²) in [4.78, 5) is 12.7. The van der Waals surface area contributed by atoms with Gasteiger partial charge in [0.25, 0.3) is 0 Å². The van der Waals surface area contributed by atoms with Crippen LogP contribution in [0.1, 0.15) is 23.0 Å². The highest BCUT2D eigenvalue weighted by Crippen LogP contribution is 2.40. The lowest BCUT2D eigenvalue weighted by molar-refractivity contribution is -0.116. The van der Waals surface area contributed by atoms with Gasteiger partial charge in [-0.25, -0.2) is 0 Å². The molecule has 0 spiro atoms. The van der Waals surface area contributed by atoms with E-state index in [1.807, 2.05) is 66.7 Å². The standard InChI is InChI=1S/C20H18O2/c1-22-18-14-8-13-17(21)19(15-9-4-2-5-10-15)20(18)16-11-6-3-7-12-16/h2-14,19-20H,1H3/t19-,20-/m0/s1. The van der Waals surface area contributed by atoms with Crippen molar-refractivity contribution in [1.82, 2.24) is 0 Å². The summed E-state index contributed by atoms with van der Waals surface area (Å²) in [7, 11) is 1.66. The van der Waals surface area contributed by atoms with Crippen molar-refractivity contribution in [2.24, 2.45) is 0 Å². The molecule has 2 aromatic carbocycles. The van der Waals surface area contributed by atoms with E-state index in [1.54, 1.807) is 19.3 Å². The molecule has 2 atom stereocenters. The second-order valence-corrected chi connectivity index (χ2v) is 5.31. The minimum atomic E-state index is -0.270. The van der Waals surface area contributed by atoms with Crippen molar-refractivity contribution in [2.45, 2.75) is 11.8 Å². The van der Waals surface area contributed by atoms with Gasteiger partial charge in [0, 0.05) is 0 Å². The number of carbonyl (C=O) groups excluding carboxylic acids is 1. The predicted molar refractivity (Wildman–Crippen MR) is 87.6 cm³/mol. The van der Waals surface area contributed by atoms with Gasteiger partial charge in [-0.15, -0.1) is 0 Å². The fourth-order valence-electron chi connectivity index (χ4n) is 3.00. The summed E-state index contributed by atoms with van der Waals surface area (Å²) in [5.74, 6) is 0.523. The molecule has 0 fully saturated rings. The summed E-state index contributed by atoms with van der Waals surface area (Å²) in [5, 5.41) is 0. The van der Waals surface area contributed by atoms with Crippen LogP contribution in [-0.4, -0.2) is 12.9 Å². The Morgan fingerprint density at radius 1 is 0.818 bits per heavy atom. The highest BCUT2D eigenvalue weighted by molar-refractivity contribution is 5.97. The van der Waals surface area contributed by atoms with Gasteiger partial charge in [-0.1, -0.05) is 66.7 Å². The summed E-state index contributed by atoms with van der Waals surface area (Å²) in [6.45, 7) is 0. The van der Waals surface area contributed by atoms with Crippen molar-refractivity contribution in [3.05, 3.63) is 95.8 Å². The lowest BCUT2D eigenvalue weighted by Crippen LogP contribution is -2.20. The van der Waals surface area contributed by atoms with Crippen molar-refractivity contribution in [1.29, 1.82) is 0 Å². The second-order valence-electron chi connectivity index (χ2n) is 5.31. The van der Waals surface area contributed by atoms with Gasteiger partial charge in [0.15, 0.2) is 5.78 Å². The third-order valence-electron chi connectivity index (χ3n) is 4.02. The summed E-state index contributed by atoms with van der Waals surface area (Å²) in [6.07, 6.45) is 5.30. The maximum absolute atomic E-state index is 12.7. The smallest absolute Gasteiger partial charge is 0.164 e. The number of methoxy groups -OCH3 is 1. The summed E-state index contributed by atoms with van der Waals surface area (Å²) >= 11 is 0. The van der Waals surface area contributed by atoms with Crippen LogP contribution in [0.5, 0.6) is 0 Å². The van der Waals surface area contributed by atoms with Crippen LogP contribution in [-0.2, 0) is 9.53 Å². The maximum Gasteiger partial charge on any atom is 0.164 e. The molecule has 22 heavy (non-hydrogen) atoms.